The Balaban J connectivity index is 2.89. The number of halogens is 2. The van der Waals surface area contributed by atoms with Crippen molar-refractivity contribution in [3.63, 3.8) is 0 Å². The summed E-state index contributed by atoms with van der Waals surface area (Å²) in [7, 11) is 0. The summed E-state index contributed by atoms with van der Waals surface area (Å²) in [6.45, 7) is 4.01. The summed E-state index contributed by atoms with van der Waals surface area (Å²) in [5.41, 5.74) is 1.81. The van der Waals surface area contributed by atoms with Gasteiger partial charge in [0.25, 0.3) is 0 Å². The summed E-state index contributed by atoms with van der Waals surface area (Å²) in [6.07, 6.45) is 1.00. The molecule has 0 radical (unpaired) electrons. The lowest BCUT2D eigenvalue weighted by Gasteiger charge is -2.18. The van der Waals surface area contributed by atoms with Gasteiger partial charge in [0.05, 0.1) is 0 Å². The van der Waals surface area contributed by atoms with Gasteiger partial charge in [-0.3, -0.25) is 0 Å². The van der Waals surface area contributed by atoms with Crippen LogP contribution in [0.5, 0.6) is 5.75 Å². The number of benzene rings is 1. The van der Waals surface area contributed by atoms with Crippen molar-refractivity contribution in [2.45, 2.75) is 39.8 Å². The van der Waals surface area contributed by atoms with E-state index in [1.54, 1.807) is 12.1 Å². The second kappa shape index (κ2) is 6.55. The molecule has 1 aromatic carbocycles. The number of rotatable bonds is 6. The molecule has 0 bridgehead atoms. The number of aryl methyl sites for hydroxylation is 1. The van der Waals surface area contributed by atoms with Crippen molar-refractivity contribution in [2.75, 3.05) is 6.54 Å². The van der Waals surface area contributed by atoms with Gasteiger partial charge >= 0.3 is 6.61 Å². The van der Waals surface area contributed by atoms with Crippen LogP contribution in [0.2, 0.25) is 0 Å². The lowest BCUT2D eigenvalue weighted by molar-refractivity contribution is -0.0506. The van der Waals surface area contributed by atoms with E-state index in [0.717, 1.165) is 24.1 Å². The number of hydrogen-bond donors (Lipinski definition) is 1. The van der Waals surface area contributed by atoms with Gasteiger partial charge in [0, 0.05) is 11.6 Å². The highest BCUT2D eigenvalue weighted by Gasteiger charge is 2.14. The largest absolute Gasteiger partial charge is 0.434 e. The van der Waals surface area contributed by atoms with Crippen LogP contribution in [0.3, 0.4) is 0 Å². The van der Waals surface area contributed by atoms with Gasteiger partial charge in [0.2, 0.25) is 0 Å². The number of hydrogen-bond acceptors (Lipinski definition) is 2. The second-order valence-electron chi connectivity index (χ2n) is 4.10. The van der Waals surface area contributed by atoms with Gasteiger partial charge in [0.1, 0.15) is 5.75 Å². The highest BCUT2D eigenvalue weighted by molar-refractivity contribution is 5.39. The predicted octanol–water partition coefficient (Wildman–Crippen LogP) is 3.66. The van der Waals surface area contributed by atoms with E-state index in [0.29, 0.717) is 0 Å². The fourth-order valence-electron chi connectivity index (χ4n) is 1.68. The van der Waals surface area contributed by atoms with Crippen LogP contribution >= 0.6 is 0 Å². The zero-order chi connectivity index (χ0) is 12.8. The van der Waals surface area contributed by atoms with Gasteiger partial charge in [-0.15, -0.1) is 0 Å². The minimum absolute atomic E-state index is 0.00333. The fraction of sp³-hybridized carbons (Fsp3) is 0.538. The van der Waals surface area contributed by atoms with E-state index in [1.165, 1.54) is 0 Å². The van der Waals surface area contributed by atoms with E-state index < -0.39 is 6.61 Å². The Morgan fingerprint density at radius 3 is 2.65 bits per heavy atom. The van der Waals surface area contributed by atoms with E-state index in [1.807, 2.05) is 19.9 Å². The first-order valence-corrected chi connectivity index (χ1v) is 5.83. The SMILES string of the molecule is CCCNC(C)c1cc(C)ccc1OC(F)F. The second-order valence-corrected chi connectivity index (χ2v) is 4.10. The Morgan fingerprint density at radius 1 is 1.35 bits per heavy atom. The summed E-state index contributed by atoms with van der Waals surface area (Å²) in [4.78, 5) is 0. The molecule has 0 heterocycles. The molecule has 4 heteroatoms. The molecular weight excluding hydrogens is 224 g/mol. The maximum Gasteiger partial charge on any atom is 0.387 e. The van der Waals surface area contributed by atoms with Crippen molar-refractivity contribution in [3.8, 4) is 5.75 Å². The van der Waals surface area contributed by atoms with Crippen molar-refractivity contribution >= 4 is 0 Å². The molecule has 1 aromatic rings. The van der Waals surface area contributed by atoms with Crippen molar-refractivity contribution < 1.29 is 13.5 Å². The molecule has 1 rings (SSSR count). The predicted molar refractivity (Wildman–Crippen MR) is 64.5 cm³/mol. The summed E-state index contributed by atoms with van der Waals surface area (Å²) < 4.78 is 29.1. The number of nitrogens with one attached hydrogen (secondary N) is 1. The van der Waals surface area contributed by atoms with Crippen LogP contribution in [0.1, 0.15) is 37.4 Å². The fourth-order valence-corrected chi connectivity index (χ4v) is 1.68. The van der Waals surface area contributed by atoms with E-state index in [4.69, 9.17) is 0 Å². The normalized spacial score (nSPS) is 12.8. The molecule has 0 saturated heterocycles. The van der Waals surface area contributed by atoms with Crippen LogP contribution in [0.4, 0.5) is 8.78 Å². The molecule has 0 aliphatic carbocycles. The lowest BCUT2D eigenvalue weighted by atomic mass is 10.0. The molecule has 0 spiro atoms. The third-order valence-corrected chi connectivity index (χ3v) is 2.55. The standard InChI is InChI=1S/C13H19F2NO/c1-4-7-16-10(3)11-8-9(2)5-6-12(11)17-13(14)15/h5-6,8,10,13,16H,4,7H2,1-3H3. The van der Waals surface area contributed by atoms with E-state index in [-0.39, 0.29) is 11.8 Å². The Kier molecular flexibility index (Phi) is 5.35. The van der Waals surface area contributed by atoms with Crippen LogP contribution < -0.4 is 10.1 Å². The van der Waals surface area contributed by atoms with Crippen LogP contribution in [0.15, 0.2) is 18.2 Å². The molecule has 0 fully saturated rings. The van der Waals surface area contributed by atoms with Gasteiger partial charge < -0.3 is 10.1 Å². The van der Waals surface area contributed by atoms with E-state index in [9.17, 15) is 8.78 Å². The molecule has 0 aliphatic rings. The van der Waals surface area contributed by atoms with Gasteiger partial charge in [0.15, 0.2) is 0 Å². The lowest BCUT2D eigenvalue weighted by Crippen LogP contribution is -2.20. The summed E-state index contributed by atoms with van der Waals surface area (Å²) in [5, 5.41) is 3.26. The molecule has 1 N–H and O–H groups in total. The van der Waals surface area contributed by atoms with Crippen molar-refractivity contribution in [3.05, 3.63) is 29.3 Å². The highest BCUT2D eigenvalue weighted by atomic mass is 19.3. The van der Waals surface area contributed by atoms with Crippen molar-refractivity contribution in [1.29, 1.82) is 0 Å². The van der Waals surface area contributed by atoms with Crippen LogP contribution in [-0.4, -0.2) is 13.2 Å². The Bertz CT molecular complexity index is 355. The minimum Gasteiger partial charge on any atom is -0.434 e. The van der Waals surface area contributed by atoms with Gasteiger partial charge in [-0.1, -0.05) is 24.6 Å². The molecule has 0 aromatic heterocycles. The molecule has 0 saturated carbocycles. The molecule has 2 nitrogen and oxygen atoms in total. The average Bonchev–Trinajstić information content (AvgIpc) is 2.27. The van der Waals surface area contributed by atoms with Crippen molar-refractivity contribution in [1.82, 2.24) is 5.32 Å². The third-order valence-electron chi connectivity index (χ3n) is 2.55. The quantitative estimate of drug-likeness (QED) is 0.823. The van der Waals surface area contributed by atoms with Crippen LogP contribution in [0.25, 0.3) is 0 Å². The van der Waals surface area contributed by atoms with Crippen LogP contribution in [0, 0.1) is 6.92 Å². The van der Waals surface area contributed by atoms with Gasteiger partial charge in [-0.25, -0.2) is 0 Å². The van der Waals surface area contributed by atoms with Crippen molar-refractivity contribution in [2.24, 2.45) is 0 Å². The van der Waals surface area contributed by atoms with E-state index >= 15 is 0 Å². The zero-order valence-electron chi connectivity index (χ0n) is 10.5. The summed E-state index contributed by atoms with van der Waals surface area (Å²) in [5.74, 6) is 0.252. The topological polar surface area (TPSA) is 21.3 Å². The van der Waals surface area contributed by atoms with Crippen LogP contribution in [-0.2, 0) is 0 Å². The highest BCUT2D eigenvalue weighted by Crippen LogP contribution is 2.27. The number of alkyl halides is 2. The molecule has 17 heavy (non-hydrogen) atoms. The first kappa shape index (κ1) is 13.9. The summed E-state index contributed by atoms with van der Waals surface area (Å²) in [6, 6.07) is 5.25. The maximum atomic E-state index is 12.3. The van der Waals surface area contributed by atoms with Gasteiger partial charge in [-0.2, -0.15) is 8.78 Å². The van der Waals surface area contributed by atoms with Gasteiger partial charge in [-0.05, 0) is 32.9 Å². The number of ether oxygens (including phenoxy) is 1. The molecule has 0 aliphatic heterocycles. The van der Waals surface area contributed by atoms with E-state index in [2.05, 4.69) is 17.0 Å². The smallest absolute Gasteiger partial charge is 0.387 e. The molecule has 1 unspecified atom stereocenters. The monoisotopic (exact) mass is 243 g/mol. The Hall–Kier alpha value is -1.16. The molecular formula is C13H19F2NO. The first-order chi connectivity index (χ1) is 8.04. The third kappa shape index (κ3) is 4.30. The minimum atomic E-state index is -2.78. The first-order valence-electron chi connectivity index (χ1n) is 5.83. The Morgan fingerprint density at radius 2 is 2.06 bits per heavy atom. The summed E-state index contributed by atoms with van der Waals surface area (Å²) >= 11 is 0. The average molecular weight is 243 g/mol. The molecule has 0 amide bonds. The molecule has 1 atom stereocenters. The Labute approximate surface area is 101 Å². The zero-order valence-corrected chi connectivity index (χ0v) is 10.5. The molecule has 96 valence electrons. The maximum absolute atomic E-state index is 12.3.